The van der Waals surface area contributed by atoms with E-state index in [4.69, 9.17) is 5.73 Å². The van der Waals surface area contributed by atoms with Crippen molar-refractivity contribution in [3.63, 3.8) is 0 Å². The van der Waals surface area contributed by atoms with Gasteiger partial charge in [-0.2, -0.15) is 0 Å². The van der Waals surface area contributed by atoms with Gasteiger partial charge in [0.2, 0.25) is 0 Å². The van der Waals surface area contributed by atoms with Crippen LogP contribution in [0.4, 0.5) is 5.69 Å². The lowest BCUT2D eigenvalue weighted by atomic mass is 10.0. The van der Waals surface area contributed by atoms with Crippen molar-refractivity contribution in [2.24, 2.45) is 0 Å². The summed E-state index contributed by atoms with van der Waals surface area (Å²) < 4.78 is 0. The highest BCUT2D eigenvalue weighted by Crippen LogP contribution is 2.26. The molecule has 2 rings (SSSR count). The average molecular weight is 227 g/mol. The van der Waals surface area contributed by atoms with Crippen molar-refractivity contribution in [2.75, 3.05) is 12.8 Å². The minimum atomic E-state index is -0.129. The van der Waals surface area contributed by atoms with Crippen molar-refractivity contribution in [1.82, 2.24) is 10.3 Å². The number of carbonyl (C=O) groups excluding carboxylic acids is 1. The highest BCUT2D eigenvalue weighted by molar-refractivity contribution is 5.96. The largest absolute Gasteiger partial charge is 0.398 e. The third-order valence-corrected chi connectivity index (χ3v) is 2.52. The maximum absolute atomic E-state index is 11.5. The number of benzene rings is 1. The summed E-state index contributed by atoms with van der Waals surface area (Å²) in [6, 6.07) is 8.94. The molecule has 0 saturated carbocycles. The predicted octanol–water partition coefficient (Wildman–Crippen LogP) is 1.69. The number of nitrogen functional groups attached to an aromatic ring is 1. The van der Waals surface area contributed by atoms with Crippen molar-refractivity contribution in [3.05, 3.63) is 48.3 Å². The van der Waals surface area contributed by atoms with Gasteiger partial charge >= 0.3 is 0 Å². The summed E-state index contributed by atoms with van der Waals surface area (Å²) in [7, 11) is 1.60. The molecular weight excluding hydrogens is 214 g/mol. The number of hydrogen-bond acceptors (Lipinski definition) is 3. The minimum Gasteiger partial charge on any atom is -0.398 e. The molecule has 86 valence electrons. The molecule has 2 aromatic rings. The van der Waals surface area contributed by atoms with E-state index in [1.165, 1.54) is 0 Å². The number of hydrogen-bond donors (Lipinski definition) is 2. The van der Waals surface area contributed by atoms with Crippen molar-refractivity contribution >= 4 is 11.6 Å². The third-order valence-electron chi connectivity index (χ3n) is 2.52. The zero-order chi connectivity index (χ0) is 12.3. The predicted molar refractivity (Wildman–Crippen MR) is 67.5 cm³/mol. The van der Waals surface area contributed by atoms with Crippen molar-refractivity contribution in [3.8, 4) is 11.1 Å². The first-order valence-corrected chi connectivity index (χ1v) is 5.24. The van der Waals surface area contributed by atoms with Gasteiger partial charge in [-0.05, 0) is 24.3 Å². The fourth-order valence-electron chi connectivity index (χ4n) is 1.61. The van der Waals surface area contributed by atoms with E-state index in [-0.39, 0.29) is 5.91 Å². The van der Waals surface area contributed by atoms with Crippen LogP contribution in [0.15, 0.2) is 42.7 Å². The van der Waals surface area contributed by atoms with Crippen LogP contribution in [0.25, 0.3) is 11.1 Å². The first kappa shape index (κ1) is 11.1. The van der Waals surface area contributed by atoms with E-state index >= 15 is 0 Å². The zero-order valence-corrected chi connectivity index (χ0v) is 9.47. The molecule has 0 aliphatic rings. The van der Waals surface area contributed by atoms with Gasteiger partial charge in [0.25, 0.3) is 5.91 Å². The summed E-state index contributed by atoms with van der Waals surface area (Å²) in [5.41, 5.74) is 8.84. The summed E-state index contributed by atoms with van der Waals surface area (Å²) in [6.45, 7) is 0. The number of nitrogens with two attached hydrogens (primary N) is 1. The van der Waals surface area contributed by atoms with E-state index in [0.29, 0.717) is 11.3 Å². The Morgan fingerprint density at radius 2 is 2.18 bits per heavy atom. The van der Waals surface area contributed by atoms with Crippen molar-refractivity contribution < 1.29 is 4.79 Å². The van der Waals surface area contributed by atoms with Gasteiger partial charge in [0.1, 0.15) is 0 Å². The van der Waals surface area contributed by atoms with Gasteiger partial charge in [-0.1, -0.05) is 6.07 Å². The van der Waals surface area contributed by atoms with E-state index in [0.717, 1.165) is 11.1 Å². The molecule has 0 atom stereocenters. The van der Waals surface area contributed by atoms with Gasteiger partial charge in [0, 0.05) is 41.8 Å². The van der Waals surface area contributed by atoms with Gasteiger partial charge in [-0.3, -0.25) is 9.78 Å². The van der Waals surface area contributed by atoms with E-state index in [1.54, 1.807) is 37.6 Å². The fourth-order valence-corrected chi connectivity index (χ4v) is 1.61. The lowest BCUT2D eigenvalue weighted by Crippen LogP contribution is -2.17. The normalized spacial score (nSPS) is 9.94. The lowest BCUT2D eigenvalue weighted by Gasteiger charge is -2.07. The van der Waals surface area contributed by atoms with Crippen molar-refractivity contribution in [1.29, 1.82) is 0 Å². The van der Waals surface area contributed by atoms with E-state index in [2.05, 4.69) is 10.3 Å². The zero-order valence-electron chi connectivity index (χ0n) is 9.47. The number of nitrogens with one attached hydrogen (secondary N) is 1. The van der Waals surface area contributed by atoms with Crippen LogP contribution in [-0.4, -0.2) is 17.9 Å². The molecule has 1 aromatic heterocycles. The van der Waals surface area contributed by atoms with Gasteiger partial charge in [-0.25, -0.2) is 0 Å². The van der Waals surface area contributed by atoms with Crippen LogP contribution < -0.4 is 11.1 Å². The Kier molecular flexibility index (Phi) is 3.05. The van der Waals surface area contributed by atoms with Crippen LogP contribution in [0.5, 0.6) is 0 Å². The maximum Gasteiger partial charge on any atom is 0.251 e. The van der Waals surface area contributed by atoms with Crippen LogP contribution in [-0.2, 0) is 0 Å². The van der Waals surface area contributed by atoms with Crippen LogP contribution >= 0.6 is 0 Å². The third kappa shape index (κ3) is 2.25. The Bertz CT molecular complexity index is 538. The Morgan fingerprint density at radius 3 is 2.82 bits per heavy atom. The lowest BCUT2D eigenvalue weighted by molar-refractivity contribution is 0.0963. The van der Waals surface area contributed by atoms with Crippen LogP contribution in [0.1, 0.15) is 10.4 Å². The quantitative estimate of drug-likeness (QED) is 0.767. The number of pyridine rings is 1. The molecule has 0 aliphatic heterocycles. The Morgan fingerprint density at radius 1 is 1.35 bits per heavy atom. The summed E-state index contributed by atoms with van der Waals surface area (Å²) in [4.78, 5) is 15.6. The smallest absolute Gasteiger partial charge is 0.251 e. The molecule has 0 unspecified atom stereocenters. The summed E-state index contributed by atoms with van der Waals surface area (Å²) in [5, 5.41) is 2.58. The molecule has 17 heavy (non-hydrogen) atoms. The molecule has 3 N–H and O–H groups in total. The summed E-state index contributed by atoms with van der Waals surface area (Å²) in [5.74, 6) is -0.129. The molecule has 1 aromatic carbocycles. The Balaban J connectivity index is 2.50. The number of amides is 1. The Labute approximate surface area is 99.5 Å². The molecule has 4 nitrogen and oxygen atoms in total. The molecule has 0 radical (unpaired) electrons. The minimum absolute atomic E-state index is 0.129. The van der Waals surface area contributed by atoms with E-state index < -0.39 is 0 Å². The second kappa shape index (κ2) is 4.65. The van der Waals surface area contributed by atoms with Crippen LogP contribution in [0, 0.1) is 0 Å². The molecular formula is C13H13N3O. The number of anilines is 1. The maximum atomic E-state index is 11.5. The van der Waals surface area contributed by atoms with Gasteiger partial charge < -0.3 is 11.1 Å². The molecule has 4 heteroatoms. The second-order valence-electron chi connectivity index (χ2n) is 3.62. The molecule has 0 fully saturated rings. The molecule has 0 aliphatic carbocycles. The number of nitrogens with zero attached hydrogens (tertiary/aromatic N) is 1. The number of rotatable bonds is 2. The van der Waals surface area contributed by atoms with Gasteiger partial charge in [-0.15, -0.1) is 0 Å². The molecule has 0 bridgehead atoms. The summed E-state index contributed by atoms with van der Waals surface area (Å²) in [6.07, 6.45) is 3.42. The van der Waals surface area contributed by atoms with Gasteiger partial charge in [0.05, 0.1) is 0 Å². The SMILES string of the molecule is CNC(=O)c1ccc(N)c(-c2cccnc2)c1. The standard InChI is InChI=1S/C13H13N3O/c1-15-13(17)9-4-5-12(14)11(7-9)10-3-2-6-16-8-10/h2-8H,14H2,1H3,(H,15,17). The first-order valence-electron chi connectivity index (χ1n) is 5.24. The van der Waals surface area contributed by atoms with E-state index in [1.807, 2.05) is 12.1 Å². The Hall–Kier alpha value is -2.36. The van der Waals surface area contributed by atoms with E-state index in [9.17, 15) is 4.79 Å². The molecule has 0 saturated heterocycles. The first-order chi connectivity index (χ1) is 8.22. The van der Waals surface area contributed by atoms with Crippen LogP contribution in [0.2, 0.25) is 0 Å². The number of carbonyl (C=O) groups is 1. The molecule has 1 heterocycles. The second-order valence-corrected chi connectivity index (χ2v) is 3.62. The van der Waals surface area contributed by atoms with Crippen LogP contribution in [0.3, 0.4) is 0 Å². The van der Waals surface area contributed by atoms with Crippen molar-refractivity contribution in [2.45, 2.75) is 0 Å². The highest BCUT2D eigenvalue weighted by Gasteiger charge is 2.08. The molecule has 1 amide bonds. The van der Waals surface area contributed by atoms with Gasteiger partial charge in [0.15, 0.2) is 0 Å². The summed E-state index contributed by atoms with van der Waals surface area (Å²) >= 11 is 0. The number of aromatic nitrogens is 1. The average Bonchev–Trinajstić information content (AvgIpc) is 2.39. The molecule has 0 spiro atoms. The fraction of sp³-hybridized carbons (Fsp3) is 0.0769. The highest BCUT2D eigenvalue weighted by atomic mass is 16.1. The topological polar surface area (TPSA) is 68.0 Å². The monoisotopic (exact) mass is 227 g/mol.